The van der Waals surface area contributed by atoms with E-state index in [9.17, 15) is 17.6 Å². The van der Waals surface area contributed by atoms with E-state index in [1.54, 1.807) is 13.8 Å². The van der Waals surface area contributed by atoms with Crippen LogP contribution in [0.15, 0.2) is 41.5 Å². The van der Waals surface area contributed by atoms with Gasteiger partial charge >= 0.3 is 0 Å². The summed E-state index contributed by atoms with van der Waals surface area (Å²) in [5.74, 6) is -2.33. The van der Waals surface area contributed by atoms with Gasteiger partial charge in [-0.05, 0) is 43.5 Å². The third kappa shape index (κ3) is 9.37. The Morgan fingerprint density at radius 3 is 1.68 bits per heavy atom. The molecule has 0 unspecified atom stereocenters. The van der Waals surface area contributed by atoms with Crippen LogP contribution in [0.25, 0.3) is 0 Å². The maximum Gasteiger partial charge on any atom is 0.159 e. The highest BCUT2D eigenvalue weighted by Gasteiger charge is 2.08. The Balaban J connectivity index is 0. The largest absolute Gasteiger partial charge is 0.212 e. The molecule has 0 saturated heterocycles. The molecule has 1 aromatic carbocycles. The lowest BCUT2D eigenvalue weighted by molar-refractivity contribution is 0.508. The van der Waals surface area contributed by atoms with Gasteiger partial charge in [0.25, 0.3) is 0 Å². The third-order valence-electron chi connectivity index (χ3n) is 2.50. The first-order valence-corrected chi connectivity index (χ1v) is 7.53. The summed E-state index contributed by atoms with van der Waals surface area (Å²) in [7, 11) is 0. The Kier molecular flexibility index (Phi) is 13.5. The Hall–Kier alpha value is -1.58. The van der Waals surface area contributed by atoms with Gasteiger partial charge in [-0.2, -0.15) is 0 Å². The van der Waals surface area contributed by atoms with Crippen LogP contribution in [0.3, 0.4) is 0 Å². The SMILES string of the molecule is CC.CC.CC1=C(F)C=C(F)CC1.Cc1ccc(F)c(F)c1. The molecule has 22 heavy (non-hydrogen) atoms. The quantitative estimate of drug-likeness (QED) is 0.444. The molecular weight excluding hydrogens is 292 g/mol. The molecule has 1 aliphatic rings. The minimum Gasteiger partial charge on any atom is -0.212 e. The predicted octanol–water partition coefficient (Wildman–Crippen LogP) is 7.20. The normalized spacial score (nSPS) is 12.7. The molecule has 0 N–H and O–H groups in total. The number of halogens is 4. The molecule has 1 aromatic rings. The van der Waals surface area contributed by atoms with Gasteiger partial charge in [0.1, 0.15) is 11.7 Å². The van der Waals surface area contributed by atoms with Crippen molar-refractivity contribution in [1.82, 2.24) is 0 Å². The summed E-state index contributed by atoms with van der Waals surface area (Å²) in [4.78, 5) is 0. The van der Waals surface area contributed by atoms with Gasteiger partial charge in [0, 0.05) is 12.5 Å². The average Bonchev–Trinajstić information content (AvgIpc) is 2.52. The molecule has 0 heterocycles. The summed E-state index contributed by atoms with van der Waals surface area (Å²) < 4.78 is 48.9. The van der Waals surface area contributed by atoms with Crippen LogP contribution in [0.2, 0.25) is 0 Å². The van der Waals surface area contributed by atoms with Gasteiger partial charge in [0.15, 0.2) is 11.6 Å². The van der Waals surface area contributed by atoms with Gasteiger partial charge < -0.3 is 0 Å². The zero-order chi connectivity index (χ0) is 17.7. The molecule has 0 aliphatic heterocycles. The third-order valence-corrected chi connectivity index (χ3v) is 2.50. The average molecular weight is 318 g/mol. The predicted molar refractivity (Wildman–Crippen MR) is 86.0 cm³/mol. The van der Waals surface area contributed by atoms with Gasteiger partial charge in [-0.15, -0.1) is 0 Å². The van der Waals surface area contributed by atoms with Crippen LogP contribution in [0, 0.1) is 18.6 Å². The molecule has 0 nitrogen and oxygen atoms in total. The van der Waals surface area contributed by atoms with Crippen molar-refractivity contribution in [2.24, 2.45) is 0 Å². The fourth-order valence-corrected chi connectivity index (χ4v) is 1.36. The summed E-state index contributed by atoms with van der Waals surface area (Å²) in [6, 6.07) is 3.80. The molecule has 0 saturated carbocycles. The lowest BCUT2D eigenvalue weighted by atomic mass is 10.1. The van der Waals surface area contributed by atoms with Crippen molar-refractivity contribution in [3.8, 4) is 0 Å². The first-order chi connectivity index (χ1) is 10.4. The second kappa shape index (κ2) is 13.1. The van der Waals surface area contributed by atoms with E-state index in [1.165, 1.54) is 6.07 Å². The topological polar surface area (TPSA) is 0 Å². The van der Waals surface area contributed by atoms with Crippen LogP contribution >= 0.6 is 0 Å². The second-order valence-corrected chi connectivity index (χ2v) is 4.14. The Morgan fingerprint density at radius 2 is 1.32 bits per heavy atom. The summed E-state index contributed by atoms with van der Waals surface area (Å²) in [6.45, 7) is 11.4. The smallest absolute Gasteiger partial charge is 0.159 e. The van der Waals surface area contributed by atoms with E-state index in [1.807, 2.05) is 27.7 Å². The van der Waals surface area contributed by atoms with Gasteiger partial charge in [0.05, 0.1) is 0 Å². The molecule has 0 atom stereocenters. The maximum atomic E-state index is 12.4. The van der Waals surface area contributed by atoms with Gasteiger partial charge in [-0.25, -0.2) is 17.6 Å². The van der Waals surface area contributed by atoms with Crippen LogP contribution in [0.1, 0.15) is 53.0 Å². The molecular formula is C18H26F4. The number of hydrogen-bond donors (Lipinski definition) is 0. The molecule has 4 heteroatoms. The molecule has 0 bridgehead atoms. The van der Waals surface area contributed by atoms with E-state index in [0.29, 0.717) is 18.4 Å². The van der Waals surface area contributed by atoms with E-state index < -0.39 is 17.5 Å². The Bertz CT molecular complexity index is 488. The lowest BCUT2D eigenvalue weighted by Crippen LogP contribution is -1.89. The van der Waals surface area contributed by atoms with Gasteiger partial charge in [-0.3, -0.25) is 0 Å². The van der Waals surface area contributed by atoms with Crippen molar-refractivity contribution in [2.75, 3.05) is 0 Å². The maximum absolute atomic E-state index is 12.4. The van der Waals surface area contributed by atoms with Gasteiger partial charge in [-0.1, -0.05) is 33.8 Å². The van der Waals surface area contributed by atoms with E-state index in [4.69, 9.17) is 0 Å². The molecule has 0 amide bonds. The summed E-state index contributed by atoms with van der Waals surface area (Å²) in [6.07, 6.45) is 1.84. The minimum absolute atomic E-state index is 0.349. The van der Waals surface area contributed by atoms with E-state index in [0.717, 1.165) is 23.8 Å². The molecule has 1 aliphatic carbocycles. The van der Waals surface area contributed by atoms with Crippen molar-refractivity contribution in [2.45, 2.75) is 54.4 Å². The molecule has 0 aromatic heterocycles. The van der Waals surface area contributed by atoms with Crippen LogP contribution in [0.5, 0.6) is 0 Å². The molecule has 2 rings (SSSR count). The van der Waals surface area contributed by atoms with Crippen LogP contribution < -0.4 is 0 Å². The van der Waals surface area contributed by atoms with Crippen LogP contribution in [-0.2, 0) is 0 Å². The fourth-order valence-electron chi connectivity index (χ4n) is 1.36. The standard InChI is InChI=1S/C7H8F2.C7H6F2.2C2H6/c1-5-2-3-6(8)4-7(5)9;1-5-2-3-6(8)7(9)4-5;2*1-2/h4H,2-3H2,1H3;2-4H,1H3;2*1-2H3. The molecule has 126 valence electrons. The van der Waals surface area contributed by atoms with Crippen molar-refractivity contribution in [1.29, 1.82) is 0 Å². The first kappa shape index (κ1) is 22.7. The van der Waals surface area contributed by atoms with Crippen LogP contribution in [0.4, 0.5) is 17.6 Å². The highest BCUT2D eigenvalue weighted by atomic mass is 19.2. The highest BCUT2D eigenvalue weighted by Crippen LogP contribution is 2.24. The fraction of sp³-hybridized carbons (Fsp3) is 0.444. The summed E-state index contributed by atoms with van der Waals surface area (Å²) in [5, 5.41) is 0. The number of hydrogen-bond acceptors (Lipinski definition) is 0. The van der Waals surface area contributed by atoms with Crippen molar-refractivity contribution < 1.29 is 17.6 Å². The second-order valence-electron chi connectivity index (χ2n) is 4.14. The van der Waals surface area contributed by atoms with Crippen molar-refractivity contribution >= 4 is 0 Å². The molecule has 0 spiro atoms. The first-order valence-electron chi connectivity index (χ1n) is 7.53. The van der Waals surface area contributed by atoms with Crippen LogP contribution in [-0.4, -0.2) is 0 Å². The highest BCUT2D eigenvalue weighted by molar-refractivity contribution is 5.24. The zero-order valence-electron chi connectivity index (χ0n) is 14.2. The zero-order valence-corrected chi connectivity index (χ0v) is 14.2. The number of aryl methyl sites for hydroxylation is 1. The van der Waals surface area contributed by atoms with Crippen molar-refractivity contribution in [3.63, 3.8) is 0 Å². The monoisotopic (exact) mass is 318 g/mol. The van der Waals surface area contributed by atoms with Gasteiger partial charge in [0.2, 0.25) is 0 Å². The van der Waals surface area contributed by atoms with E-state index in [2.05, 4.69) is 0 Å². The number of benzene rings is 1. The Labute approximate surface area is 131 Å². The lowest BCUT2D eigenvalue weighted by Gasteiger charge is -2.05. The summed E-state index contributed by atoms with van der Waals surface area (Å²) >= 11 is 0. The molecule has 0 fully saturated rings. The number of rotatable bonds is 0. The minimum atomic E-state index is -0.791. The van der Waals surface area contributed by atoms with E-state index in [-0.39, 0.29) is 5.83 Å². The number of allylic oxidation sites excluding steroid dienone is 4. The van der Waals surface area contributed by atoms with E-state index >= 15 is 0 Å². The summed E-state index contributed by atoms with van der Waals surface area (Å²) in [5.41, 5.74) is 1.38. The Morgan fingerprint density at radius 1 is 0.773 bits per heavy atom. The molecule has 0 radical (unpaired) electrons. The van der Waals surface area contributed by atoms with Crippen molar-refractivity contribution in [3.05, 3.63) is 58.7 Å².